The van der Waals surface area contributed by atoms with Crippen LogP contribution in [0, 0.1) is 6.92 Å². The van der Waals surface area contributed by atoms with E-state index in [-0.39, 0.29) is 18.1 Å². The molecule has 2 fully saturated rings. The number of hydrogen-bond donors (Lipinski definition) is 4. The molecule has 4 rings (SSSR count). The maximum atomic E-state index is 12.9. The van der Waals surface area contributed by atoms with Gasteiger partial charge in [0.2, 0.25) is 11.8 Å². The maximum Gasteiger partial charge on any atom is 0.251 e. The lowest BCUT2D eigenvalue weighted by molar-refractivity contribution is -0.132. The van der Waals surface area contributed by atoms with E-state index in [0.717, 1.165) is 41.5 Å². The van der Waals surface area contributed by atoms with Gasteiger partial charge in [0, 0.05) is 30.1 Å². The van der Waals surface area contributed by atoms with Gasteiger partial charge in [0.25, 0.3) is 5.91 Å². The van der Waals surface area contributed by atoms with Gasteiger partial charge < -0.3 is 30.5 Å². The van der Waals surface area contributed by atoms with Crippen molar-refractivity contribution in [1.82, 2.24) is 20.9 Å². The van der Waals surface area contributed by atoms with E-state index < -0.39 is 24.1 Å². The first-order valence-corrected chi connectivity index (χ1v) is 12.0. The third-order valence-corrected chi connectivity index (χ3v) is 6.32. The summed E-state index contributed by atoms with van der Waals surface area (Å²) < 4.78 is 11.5. The van der Waals surface area contributed by atoms with Gasteiger partial charge in [0.1, 0.15) is 11.9 Å². The molecule has 4 N–H and O–H groups in total. The van der Waals surface area contributed by atoms with Crippen LogP contribution < -0.4 is 25.4 Å². The van der Waals surface area contributed by atoms with Crippen LogP contribution in [-0.2, 0) is 9.59 Å². The Balaban J connectivity index is 1.38. The quantitative estimate of drug-likeness (QED) is 0.416. The summed E-state index contributed by atoms with van der Waals surface area (Å²) in [7, 11) is 1.63. The number of ether oxygens (including phenoxy) is 2. The number of amides is 2. The van der Waals surface area contributed by atoms with Crippen LogP contribution in [0.3, 0.4) is 0 Å². The molecule has 1 aromatic heterocycles. The number of rotatable bonds is 10. The van der Waals surface area contributed by atoms with E-state index in [1.165, 1.54) is 0 Å². The molecule has 9 nitrogen and oxygen atoms in total. The largest absolute Gasteiger partial charge is 0.497 e. The number of aliphatic hydroxyl groups excluding tert-OH is 1. The summed E-state index contributed by atoms with van der Waals surface area (Å²) in [6, 6.07) is 6.77. The van der Waals surface area contributed by atoms with Gasteiger partial charge in [-0.2, -0.15) is 0 Å². The van der Waals surface area contributed by atoms with Crippen molar-refractivity contribution in [2.45, 2.75) is 76.3 Å². The van der Waals surface area contributed by atoms with E-state index in [4.69, 9.17) is 9.47 Å². The minimum Gasteiger partial charge on any atom is -0.497 e. The molecule has 9 heteroatoms. The Morgan fingerprint density at radius 1 is 1.29 bits per heavy atom. The third kappa shape index (κ3) is 5.77. The highest BCUT2D eigenvalue weighted by atomic mass is 16.5. The van der Waals surface area contributed by atoms with E-state index in [1.54, 1.807) is 7.11 Å². The van der Waals surface area contributed by atoms with Gasteiger partial charge in [-0.3, -0.25) is 9.59 Å². The number of benzene rings is 1. The van der Waals surface area contributed by atoms with Crippen molar-refractivity contribution in [3.63, 3.8) is 0 Å². The summed E-state index contributed by atoms with van der Waals surface area (Å²) in [5.74, 6) is 0.630. The zero-order valence-electron chi connectivity index (χ0n) is 20.0. The van der Waals surface area contributed by atoms with Crippen molar-refractivity contribution >= 4 is 22.6 Å². The van der Waals surface area contributed by atoms with E-state index in [0.29, 0.717) is 25.3 Å². The van der Waals surface area contributed by atoms with Crippen LogP contribution in [0.1, 0.15) is 44.7 Å². The van der Waals surface area contributed by atoms with Crippen LogP contribution >= 0.6 is 0 Å². The number of methoxy groups -OCH3 is 1. The van der Waals surface area contributed by atoms with Crippen LogP contribution in [-0.4, -0.2) is 65.9 Å². The topological polar surface area (TPSA) is 122 Å². The van der Waals surface area contributed by atoms with E-state index in [9.17, 15) is 14.7 Å². The van der Waals surface area contributed by atoms with Crippen molar-refractivity contribution < 1.29 is 24.2 Å². The fourth-order valence-corrected chi connectivity index (χ4v) is 4.30. The Hall–Kier alpha value is -2.91. The Morgan fingerprint density at radius 3 is 2.79 bits per heavy atom. The second kappa shape index (κ2) is 10.6. The van der Waals surface area contributed by atoms with Crippen molar-refractivity contribution in [2.24, 2.45) is 0 Å². The number of aryl methyl sites for hydroxylation is 1. The van der Waals surface area contributed by atoms with Gasteiger partial charge in [0.15, 0.2) is 6.10 Å². The Bertz CT molecular complexity index is 1040. The van der Waals surface area contributed by atoms with Crippen LogP contribution in [0.4, 0.5) is 0 Å². The lowest BCUT2D eigenvalue weighted by atomic mass is 10.0. The molecule has 34 heavy (non-hydrogen) atoms. The van der Waals surface area contributed by atoms with E-state index in [2.05, 4.69) is 20.9 Å². The molecule has 2 amide bonds. The van der Waals surface area contributed by atoms with E-state index in [1.807, 2.05) is 38.1 Å². The van der Waals surface area contributed by atoms with Gasteiger partial charge in [-0.25, -0.2) is 4.98 Å². The fraction of sp³-hybridized carbons (Fsp3) is 0.560. The Labute approximate surface area is 199 Å². The summed E-state index contributed by atoms with van der Waals surface area (Å²) in [4.78, 5) is 29.8. The number of fused-ring (bicyclic) bond motifs is 1. The molecule has 1 unspecified atom stereocenters. The molecule has 1 aliphatic carbocycles. The number of aromatic nitrogens is 1. The highest BCUT2D eigenvalue weighted by Gasteiger charge is 2.35. The SMILES string of the molecule is CCC[C@H](NC(=O)[C@@H]1C[C@@H](Oc2nc(C)cc3cc(OC)ccc23)CN1)C(O)C(=O)NC1CC1. The molecule has 184 valence electrons. The number of carbonyl (C=O) groups is 2. The standard InChI is InChI=1S/C25H34N4O5/c1-4-5-20(22(30)24(32)28-16-6-7-16)29-23(31)21-12-18(13-26-21)34-25-19-9-8-17(33-3)11-15(19)10-14(2)27-25/h8-11,16,18,20-22,26,30H,4-7,12-13H2,1-3H3,(H,28,32)(H,29,31)/t18-,20+,21+,22?/m1/s1. The van der Waals surface area contributed by atoms with Crippen LogP contribution in [0.25, 0.3) is 10.8 Å². The number of aliphatic hydroxyl groups is 1. The molecule has 1 saturated carbocycles. The summed E-state index contributed by atoms with van der Waals surface area (Å²) >= 11 is 0. The Morgan fingerprint density at radius 2 is 2.09 bits per heavy atom. The summed E-state index contributed by atoms with van der Waals surface area (Å²) in [5, 5.41) is 21.2. The molecule has 1 aliphatic heterocycles. The zero-order chi connectivity index (χ0) is 24.2. The average Bonchev–Trinajstić information content (AvgIpc) is 3.51. The minimum atomic E-state index is -1.27. The second-order valence-corrected chi connectivity index (χ2v) is 9.22. The van der Waals surface area contributed by atoms with Gasteiger partial charge in [0.05, 0.1) is 19.2 Å². The van der Waals surface area contributed by atoms with Crippen molar-refractivity contribution in [3.8, 4) is 11.6 Å². The first kappa shape index (κ1) is 24.2. The predicted octanol–water partition coefficient (Wildman–Crippen LogP) is 1.59. The van der Waals surface area contributed by atoms with Crippen molar-refractivity contribution in [3.05, 3.63) is 30.0 Å². The molecule has 1 saturated heterocycles. The normalized spacial score (nSPS) is 21.6. The Kier molecular flexibility index (Phi) is 7.53. The first-order chi connectivity index (χ1) is 16.4. The minimum absolute atomic E-state index is 0.155. The smallest absolute Gasteiger partial charge is 0.251 e. The molecule has 4 atom stereocenters. The van der Waals surface area contributed by atoms with Crippen LogP contribution in [0.15, 0.2) is 24.3 Å². The average molecular weight is 471 g/mol. The van der Waals surface area contributed by atoms with Crippen molar-refractivity contribution in [1.29, 1.82) is 0 Å². The molecule has 2 aliphatic rings. The van der Waals surface area contributed by atoms with Crippen LogP contribution in [0.5, 0.6) is 11.6 Å². The zero-order valence-corrected chi connectivity index (χ0v) is 20.0. The fourth-order valence-electron chi connectivity index (χ4n) is 4.30. The number of carbonyl (C=O) groups excluding carboxylic acids is 2. The van der Waals surface area contributed by atoms with Gasteiger partial charge in [-0.05, 0) is 55.8 Å². The van der Waals surface area contributed by atoms with Gasteiger partial charge in [-0.15, -0.1) is 0 Å². The highest BCUT2D eigenvalue weighted by Crippen LogP contribution is 2.29. The summed E-state index contributed by atoms with van der Waals surface area (Å²) in [6.45, 7) is 4.36. The summed E-state index contributed by atoms with van der Waals surface area (Å²) in [5.41, 5.74) is 0.830. The molecule has 0 spiro atoms. The number of hydrogen-bond acceptors (Lipinski definition) is 7. The van der Waals surface area contributed by atoms with Gasteiger partial charge >= 0.3 is 0 Å². The third-order valence-electron chi connectivity index (χ3n) is 6.32. The highest BCUT2D eigenvalue weighted by molar-refractivity contribution is 5.88. The first-order valence-electron chi connectivity index (χ1n) is 12.0. The molecule has 2 heterocycles. The van der Waals surface area contributed by atoms with Crippen molar-refractivity contribution in [2.75, 3.05) is 13.7 Å². The van der Waals surface area contributed by atoms with E-state index >= 15 is 0 Å². The number of pyridine rings is 1. The predicted molar refractivity (Wildman–Crippen MR) is 128 cm³/mol. The lowest BCUT2D eigenvalue weighted by Gasteiger charge is -2.24. The monoisotopic (exact) mass is 470 g/mol. The molecule has 0 radical (unpaired) electrons. The number of nitrogens with zero attached hydrogens (tertiary/aromatic N) is 1. The molecule has 0 bridgehead atoms. The van der Waals surface area contributed by atoms with Crippen LogP contribution in [0.2, 0.25) is 0 Å². The molecule has 2 aromatic rings. The molecular weight excluding hydrogens is 436 g/mol. The lowest BCUT2D eigenvalue weighted by Crippen LogP contribution is -2.54. The number of nitrogens with one attached hydrogen (secondary N) is 3. The molecule has 1 aromatic carbocycles. The van der Waals surface area contributed by atoms with Gasteiger partial charge in [-0.1, -0.05) is 13.3 Å². The second-order valence-electron chi connectivity index (χ2n) is 9.22. The maximum absolute atomic E-state index is 12.9. The molecular formula is C25H34N4O5. The summed E-state index contributed by atoms with van der Waals surface area (Å²) in [6.07, 6.45) is 2.09.